The Kier molecular flexibility index (Phi) is 4.00. The van der Waals surface area contributed by atoms with Gasteiger partial charge < -0.3 is 4.74 Å². The van der Waals surface area contributed by atoms with Crippen molar-refractivity contribution < 1.29 is 4.74 Å². The first-order valence-corrected chi connectivity index (χ1v) is 6.53. The minimum absolute atomic E-state index is 0.0582. The van der Waals surface area contributed by atoms with Gasteiger partial charge in [-0.05, 0) is 31.3 Å². The number of hydrogen-bond acceptors (Lipinski definition) is 1. The third-order valence-corrected chi connectivity index (χ3v) is 3.39. The van der Waals surface area contributed by atoms with Crippen molar-refractivity contribution in [1.82, 2.24) is 0 Å². The Morgan fingerprint density at radius 3 is 3.12 bits per heavy atom. The monoisotopic (exact) mass is 218 g/mol. The number of unbranched alkanes of at least 4 members (excludes halogenated alkanes) is 1. The predicted molar refractivity (Wildman–Crippen MR) is 68.4 cm³/mol. The zero-order valence-electron chi connectivity index (χ0n) is 10.2. The Hall–Kier alpha value is -0.820. The van der Waals surface area contributed by atoms with Gasteiger partial charge in [0, 0.05) is 13.0 Å². The minimum Gasteiger partial charge on any atom is -0.371 e. The summed E-state index contributed by atoms with van der Waals surface area (Å²) >= 11 is 0. The summed E-state index contributed by atoms with van der Waals surface area (Å²) in [5, 5.41) is 0. The molecular weight excluding hydrogens is 196 g/mol. The van der Waals surface area contributed by atoms with Crippen LogP contribution in [0.4, 0.5) is 0 Å². The van der Waals surface area contributed by atoms with E-state index < -0.39 is 0 Å². The number of hydrogen-bond donors (Lipinski definition) is 0. The molecule has 0 N–H and O–H groups in total. The third kappa shape index (κ3) is 2.85. The summed E-state index contributed by atoms with van der Waals surface area (Å²) < 4.78 is 5.93. The molecule has 0 radical (unpaired) electrons. The second-order valence-electron chi connectivity index (χ2n) is 4.84. The molecule has 2 rings (SSSR count). The lowest BCUT2D eigenvalue weighted by atomic mass is 9.92. The van der Waals surface area contributed by atoms with E-state index >= 15 is 0 Å². The maximum atomic E-state index is 5.93. The van der Waals surface area contributed by atoms with Crippen LogP contribution in [0.25, 0.3) is 0 Å². The molecular formula is C15H22O. The molecule has 0 aromatic rings. The molecule has 0 aromatic heterocycles. The lowest BCUT2D eigenvalue weighted by Gasteiger charge is -2.32. The molecule has 88 valence electrons. The van der Waals surface area contributed by atoms with Gasteiger partial charge in [-0.15, -0.1) is 0 Å². The predicted octanol–water partition coefficient (Wildman–Crippen LogP) is 4.17. The molecule has 0 aromatic carbocycles. The molecule has 1 unspecified atom stereocenters. The van der Waals surface area contributed by atoms with Gasteiger partial charge in [0.05, 0.1) is 5.60 Å². The van der Waals surface area contributed by atoms with Crippen molar-refractivity contribution in [2.45, 2.75) is 51.0 Å². The van der Waals surface area contributed by atoms with Gasteiger partial charge in [0.25, 0.3) is 0 Å². The number of rotatable bonds is 3. The smallest absolute Gasteiger partial charge is 0.0905 e. The van der Waals surface area contributed by atoms with E-state index in [-0.39, 0.29) is 5.60 Å². The van der Waals surface area contributed by atoms with Gasteiger partial charge in [-0.25, -0.2) is 0 Å². The maximum absolute atomic E-state index is 5.93. The highest BCUT2D eigenvalue weighted by atomic mass is 16.5. The first-order valence-electron chi connectivity index (χ1n) is 6.53. The number of allylic oxidation sites excluding steroid dienone is 4. The van der Waals surface area contributed by atoms with Crippen molar-refractivity contribution in [2.75, 3.05) is 6.61 Å². The van der Waals surface area contributed by atoms with Crippen molar-refractivity contribution in [2.24, 2.45) is 0 Å². The lowest BCUT2D eigenvalue weighted by molar-refractivity contribution is -0.0383. The summed E-state index contributed by atoms with van der Waals surface area (Å²) in [6, 6.07) is 0. The standard InChI is InChI=1S/C15H22O/c1-2-3-4-5-8-14-9-11-15(13-14)10-6-7-12-16-15/h4-5,8-9,11H,2-3,6-7,10,12-13H2,1H3. The summed E-state index contributed by atoms with van der Waals surface area (Å²) in [5.41, 5.74) is 1.47. The average molecular weight is 218 g/mol. The Balaban J connectivity index is 1.90. The fourth-order valence-corrected chi connectivity index (χ4v) is 2.44. The average Bonchev–Trinajstić information content (AvgIpc) is 2.69. The molecule has 1 nitrogen and oxygen atoms in total. The van der Waals surface area contributed by atoms with Crippen LogP contribution in [-0.4, -0.2) is 12.2 Å². The quantitative estimate of drug-likeness (QED) is 0.691. The normalized spacial score (nSPS) is 32.2. The topological polar surface area (TPSA) is 9.23 Å². The molecule has 1 atom stereocenters. The van der Waals surface area contributed by atoms with Gasteiger partial charge in [-0.3, -0.25) is 0 Å². The van der Waals surface area contributed by atoms with Crippen LogP contribution in [0.3, 0.4) is 0 Å². The van der Waals surface area contributed by atoms with Crippen LogP contribution in [-0.2, 0) is 4.74 Å². The summed E-state index contributed by atoms with van der Waals surface area (Å²) in [6.07, 6.45) is 18.4. The molecule has 1 heteroatoms. The minimum atomic E-state index is 0.0582. The summed E-state index contributed by atoms with van der Waals surface area (Å²) in [6.45, 7) is 3.14. The van der Waals surface area contributed by atoms with E-state index in [1.807, 2.05) is 0 Å². The van der Waals surface area contributed by atoms with Gasteiger partial charge in [-0.2, -0.15) is 0 Å². The molecule has 0 amide bonds. The molecule has 16 heavy (non-hydrogen) atoms. The van der Waals surface area contributed by atoms with E-state index in [1.54, 1.807) is 0 Å². The van der Waals surface area contributed by atoms with Gasteiger partial charge in [0.2, 0.25) is 0 Å². The van der Waals surface area contributed by atoms with Crippen LogP contribution in [0.15, 0.2) is 36.0 Å². The van der Waals surface area contributed by atoms with Crippen LogP contribution in [0.1, 0.15) is 45.4 Å². The fraction of sp³-hybridized carbons (Fsp3) is 0.600. The molecule has 1 heterocycles. The van der Waals surface area contributed by atoms with Crippen molar-refractivity contribution in [3.05, 3.63) is 36.0 Å². The van der Waals surface area contributed by atoms with E-state index in [4.69, 9.17) is 4.74 Å². The second kappa shape index (κ2) is 5.49. The van der Waals surface area contributed by atoms with E-state index in [9.17, 15) is 0 Å². The van der Waals surface area contributed by atoms with E-state index in [0.29, 0.717) is 0 Å². The maximum Gasteiger partial charge on any atom is 0.0905 e. The van der Waals surface area contributed by atoms with E-state index in [1.165, 1.54) is 37.7 Å². The molecule has 1 saturated heterocycles. The zero-order chi connectivity index (χ0) is 11.3. The fourth-order valence-electron chi connectivity index (χ4n) is 2.44. The Morgan fingerprint density at radius 1 is 1.44 bits per heavy atom. The van der Waals surface area contributed by atoms with Crippen LogP contribution >= 0.6 is 0 Å². The first kappa shape index (κ1) is 11.7. The number of ether oxygens (including phenoxy) is 1. The van der Waals surface area contributed by atoms with Crippen molar-refractivity contribution in [3.63, 3.8) is 0 Å². The summed E-state index contributed by atoms with van der Waals surface area (Å²) in [5.74, 6) is 0. The Bertz CT molecular complexity index is 303. The van der Waals surface area contributed by atoms with Gasteiger partial charge >= 0.3 is 0 Å². The molecule has 1 spiro atoms. The summed E-state index contributed by atoms with van der Waals surface area (Å²) in [4.78, 5) is 0. The van der Waals surface area contributed by atoms with Gasteiger partial charge in [0.15, 0.2) is 0 Å². The third-order valence-electron chi connectivity index (χ3n) is 3.39. The van der Waals surface area contributed by atoms with Crippen molar-refractivity contribution in [1.29, 1.82) is 0 Å². The second-order valence-corrected chi connectivity index (χ2v) is 4.84. The van der Waals surface area contributed by atoms with Crippen LogP contribution in [0, 0.1) is 0 Å². The van der Waals surface area contributed by atoms with Crippen molar-refractivity contribution >= 4 is 0 Å². The Labute approximate surface area is 98.9 Å². The first-order chi connectivity index (χ1) is 7.85. The highest BCUT2D eigenvalue weighted by molar-refractivity contribution is 5.35. The SMILES string of the molecule is CCCC=CC=C1C=CC2(CCCCO2)C1. The lowest BCUT2D eigenvalue weighted by Crippen LogP contribution is -2.32. The Morgan fingerprint density at radius 2 is 2.38 bits per heavy atom. The van der Waals surface area contributed by atoms with Crippen LogP contribution < -0.4 is 0 Å². The largest absolute Gasteiger partial charge is 0.371 e. The van der Waals surface area contributed by atoms with Crippen LogP contribution in [0.2, 0.25) is 0 Å². The van der Waals surface area contributed by atoms with E-state index in [0.717, 1.165) is 13.0 Å². The molecule has 1 aliphatic carbocycles. The highest BCUT2D eigenvalue weighted by Gasteiger charge is 2.34. The molecule has 1 fully saturated rings. The molecule has 0 bridgehead atoms. The van der Waals surface area contributed by atoms with E-state index in [2.05, 4.69) is 37.3 Å². The molecule has 2 aliphatic rings. The molecule has 1 aliphatic heterocycles. The summed E-state index contributed by atoms with van der Waals surface area (Å²) in [7, 11) is 0. The van der Waals surface area contributed by atoms with Crippen molar-refractivity contribution in [3.8, 4) is 0 Å². The van der Waals surface area contributed by atoms with Gasteiger partial charge in [-0.1, -0.05) is 43.7 Å². The van der Waals surface area contributed by atoms with Gasteiger partial charge in [0.1, 0.15) is 0 Å². The van der Waals surface area contributed by atoms with Crippen LogP contribution in [0.5, 0.6) is 0 Å². The molecule has 0 saturated carbocycles. The highest BCUT2D eigenvalue weighted by Crippen LogP contribution is 2.37. The zero-order valence-corrected chi connectivity index (χ0v) is 10.2.